The van der Waals surface area contributed by atoms with Crippen molar-refractivity contribution in [3.05, 3.63) is 0 Å². The van der Waals surface area contributed by atoms with Gasteiger partial charge in [0.1, 0.15) is 0 Å². The zero-order valence-electron chi connectivity index (χ0n) is 8.98. The molecule has 0 amide bonds. The van der Waals surface area contributed by atoms with E-state index in [1.165, 1.54) is 5.23 Å². The Balaban J connectivity index is 3.55. The molecule has 14 heavy (non-hydrogen) atoms. The summed E-state index contributed by atoms with van der Waals surface area (Å²) in [6.45, 7) is 4.99. The van der Waals surface area contributed by atoms with E-state index in [1.807, 2.05) is 13.8 Å². The Bertz CT molecular complexity index is 111. The van der Waals surface area contributed by atoms with Crippen molar-refractivity contribution >= 4 is 0 Å². The molecular weight excluding hydrogens is 186 g/mol. The molecule has 0 unspecified atom stereocenters. The van der Waals surface area contributed by atoms with Crippen molar-refractivity contribution in [1.82, 2.24) is 5.23 Å². The summed E-state index contributed by atoms with van der Waals surface area (Å²) in [6, 6.07) is 0.118. The predicted molar refractivity (Wildman–Crippen MR) is 52.3 cm³/mol. The van der Waals surface area contributed by atoms with Crippen molar-refractivity contribution in [2.75, 3.05) is 26.4 Å². The molecule has 0 saturated heterocycles. The minimum Gasteiger partial charge on any atom is -0.396 e. The topological polar surface area (TPSA) is 62.2 Å². The molecule has 0 rings (SSSR count). The Morgan fingerprint density at radius 3 is 1.71 bits per heavy atom. The number of hydrogen-bond acceptors (Lipinski definition) is 5. The van der Waals surface area contributed by atoms with E-state index in [0.717, 1.165) is 0 Å². The highest BCUT2D eigenvalue weighted by molar-refractivity contribution is 4.41. The van der Waals surface area contributed by atoms with E-state index in [9.17, 15) is 0 Å². The Kier molecular flexibility index (Phi) is 9.23. The highest BCUT2D eigenvalue weighted by atomic mass is 16.9. The van der Waals surface area contributed by atoms with E-state index in [0.29, 0.717) is 26.1 Å². The fraction of sp³-hybridized carbons (Fsp3) is 1.00. The number of rotatable bonds is 9. The number of hydrogen-bond donors (Lipinski definition) is 2. The summed E-state index contributed by atoms with van der Waals surface area (Å²) in [5, 5.41) is 18.5. The van der Waals surface area contributed by atoms with Crippen LogP contribution in [0.3, 0.4) is 0 Å². The van der Waals surface area contributed by atoms with Gasteiger partial charge in [-0.3, -0.25) is 9.68 Å². The number of nitrogens with zero attached hydrogens (tertiary/aromatic N) is 1. The van der Waals surface area contributed by atoms with Crippen LogP contribution in [-0.2, 0) is 9.68 Å². The predicted octanol–water partition coefficient (Wildman–Crippen LogP) is 0.325. The molecule has 0 aliphatic carbocycles. The largest absolute Gasteiger partial charge is 0.396 e. The third-order valence-corrected chi connectivity index (χ3v) is 1.46. The molecule has 2 N–H and O–H groups in total. The molecule has 0 aliphatic rings. The fourth-order valence-corrected chi connectivity index (χ4v) is 0.774. The van der Waals surface area contributed by atoms with Gasteiger partial charge in [0, 0.05) is 13.2 Å². The van der Waals surface area contributed by atoms with Gasteiger partial charge >= 0.3 is 0 Å². The van der Waals surface area contributed by atoms with E-state index in [4.69, 9.17) is 19.9 Å². The first-order valence-corrected chi connectivity index (χ1v) is 4.99. The summed E-state index contributed by atoms with van der Waals surface area (Å²) in [5.41, 5.74) is 0. The Morgan fingerprint density at radius 1 is 1.00 bits per heavy atom. The molecule has 5 heteroatoms. The lowest BCUT2D eigenvalue weighted by atomic mass is 10.4. The van der Waals surface area contributed by atoms with Gasteiger partial charge in [0.2, 0.25) is 0 Å². The zero-order valence-corrected chi connectivity index (χ0v) is 8.98. The zero-order chi connectivity index (χ0) is 10.8. The van der Waals surface area contributed by atoms with Gasteiger partial charge in [0.25, 0.3) is 0 Å². The lowest BCUT2D eigenvalue weighted by molar-refractivity contribution is -0.384. The van der Waals surface area contributed by atoms with E-state index >= 15 is 0 Å². The molecule has 0 aromatic rings. The smallest absolute Gasteiger partial charge is 0.0733 e. The van der Waals surface area contributed by atoms with E-state index in [2.05, 4.69) is 0 Å². The molecule has 86 valence electrons. The van der Waals surface area contributed by atoms with Crippen molar-refractivity contribution in [3.8, 4) is 0 Å². The monoisotopic (exact) mass is 207 g/mol. The second-order valence-corrected chi connectivity index (χ2v) is 3.20. The molecule has 0 saturated carbocycles. The van der Waals surface area contributed by atoms with Crippen LogP contribution in [0.4, 0.5) is 0 Å². The van der Waals surface area contributed by atoms with Gasteiger partial charge in [-0.05, 0) is 26.7 Å². The number of hydroxylamine groups is 2. The minimum atomic E-state index is 0.114. The highest BCUT2D eigenvalue weighted by Crippen LogP contribution is 2.01. The number of aliphatic hydroxyl groups excluding tert-OH is 2. The van der Waals surface area contributed by atoms with Gasteiger partial charge in [-0.25, -0.2) is 0 Å². The first-order chi connectivity index (χ1) is 6.72. The Labute approximate surface area is 85.1 Å². The SMILES string of the molecule is CC(C)N(OCCCO)OCCCO. The minimum absolute atomic E-state index is 0.114. The van der Waals surface area contributed by atoms with Gasteiger partial charge in [-0.15, -0.1) is 0 Å². The van der Waals surface area contributed by atoms with Crippen LogP contribution in [0.25, 0.3) is 0 Å². The van der Waals surface area contributed by atoms with Crippen LogP contribution in [0.1, 0.15) is 26.7 Å². The summed E-state index contributed by atoms with van der Waals surface area (Å²) in [7, 11) is 0. The molecule has 0 atom stereocenters. The maximum absolute atomic E-state index is 8.56. The second kappa shape index (κ2) is 9.36. The van der Waals surface area contributed by atoms with Crippen LogP contribution in [0.5, 0.6) is 0 Å². The standard InChI is InChI=1S/C9H21NO4/c1-9(2)10(13-7-3-5-11)14-8-4-6-12/h9,11-12H,3-8H2,1-2H3. The third kappa shape index (κ3) is 7.23. The molecule has 0 bridgehead atoms. The first-order valence-electron chi connectivity index (χ1n) is 4.99. The summed E-state index contributed by atoms with van der Waals surface area (Å²) >= 11 is 0. The van der Waals surface area contributed by atoms with Crippen LogP contribution >= 0.6 is 0 Å². The Hall–Kier alpha value is -0.200. The van der Waals surface area contributed by atoms with Crippen molar-refractivity contribution in [3.63, 3.8) is 0 Å². The van der Waals surface area contributed by atoms with Crippen molar-refractivity contribution in [1.29, 1.82) is 0 Å². The maximum Gasteiger partial charge on any atom is 0.0733 e. The summed E-state index contributed by atoms with van der Waals surface area (Å²) in [5.74, 6) is 0. The van der Waals surface area contributed by atoms with Crippen LogP contribution in [0, 0.1) is 0 Å². The molecule has 5 nitrogen and oxygen atoms in total. The van der Waals surface area contributed by atoms with Crippen molar-refractivity contribution in [2.24, 2.45) is 0 Å². The summed E-state index contributed by atoms with van der Waals surface area (Å²) in [4.78, 5) is 10.5. The van der Waals surface area contributed by atoms with E-state index in [-0.39, 0.29) is 19.3 Å². The Morgan fingerprint density at radius 2 is 1.43 bits per heavy atom. The van der Waals surface area contributed by atoms with Gasteiger partial charge in [-0.1, -0.05) is 5.23 Å². The second-order valence-electron chi connectivity index (χ2n) is 3.20. The molecular formula is C9H21NO4. The molecule has 0 fully saturated rings. The van der Waals surface area contributed by atoms with Gasteiger partial charge in [0.15, 0.2) is 0 Å². The normalized spacial score (nSPS) is 11.6. The average molecular weight is 207 g/mol. The van der Waals surface area contributed by atoms with Crippen molar-refractivity contribution in [2.45, 2.75) is 32.7 Å². The maximum atomic E-state index is 8.56. The number of aliphatic hydroxyl groups is 2. The first kappa shape index (κ1) is 13.8. The van der Waals surface area contributed by atoms with Crippen molar-refractivity contribution < 1.29 is 19.9 Å². The molecule has 0 spiro atoms. The summed E-state index contributed by atoms with van der Waals surface area (Å²) < 4.78 is 0. The highest BCUT2D eigenvalue weighted by Gasteiger charge is 2.10. The third-order valence-electron chi connectivity index (χ3n) is 1.46. The molecule has 0 heterocycles. The fourth-order valence-electron chi connectivity index (χ4n) is 0.774. The summed E-state index contributed by atoms with van der Waals surface area (Å²) in [6.07, 6.45) is 1.18. The molecule has 0 aromatic carbocycles. The van der Waals surface area contributed by atoms with Crippen LogP contribution in [0.15, 0.2) is 0 Å². The quantitative estimate of drug-likeness (QED) is 0.421. The average Bonchev–Trinajstić information content (AvgIpc) is 2.15. The van der Waals surface area contributed by atoms with E-state index < -0.39 is 0 Å². The lowest BCUT2D eigenvalue weighted by Gasteiger charge is -2.24. The van der Waals surface area contributed by atoms with Crippen LogP contribution in [-0.4, -0.2) is 47.9 Å². The van der Waals surface area contributed by atoms with Crippen LogP contribution in [0.2, 0.25) is 0 Å². The molecule has 0 aromatic heterocycles. The molecule has 0 aliphatic heterocycles. The van der Waals surface area contributed by atoms with E-state index in [1.54, 1.807) is 0 Å². The molecule has 0 radical (unpaired) electrons. The van der Waals surface area contributed by atoms with Gasteiger partial charge < -0.3 is 10.2 Å². The van der Waals surface area contributed by atoms with Gasteiger partial charge in [0.05, 0.1) is 19.3 Å². The van der Waals surface area contributed by atoms with Gasteiger partial charge in [-0.2, -0.15) is 0 Å². The van der Waals surface area contributed by atoms with Crippen LogP contribution < -0.4 is 0 Å². The lowest BCUT2D eigenvalue weighted by Crippen LogP contribution is -2.32.